The Hall–Kier alpha value is -0.980. The van der Waals surface area contributed by atoms with Crippen LogP contribution in [0.4, 0.5) is 0 Å². The molecule has 3 rings (SSSR count). The standard InChI is InChI=1S/C14H23N3O3/c18-6-1-2-12-11-17(16-15-12)13-3-7-20-14(10-13)4-8-19-9-5-14/h11,13,18H,1-10H2. The lowest BCUT2D eigenvalue weighted by atomic mass is 9.84. The van der Waals surface area contributed by atoms with Gasteiger partial charge in [-0.2, -0.15) is 0 Å². The first kappa shape index (κ1) is 14.0. The van der Waals surface area contributed by atoms with E-state index in [9.17, 15) is 0 Å². The Bertz CT molecular complexity index is 424. The van der Waals surface area contributed by atoms with Crippen LogP contribution in [-0.4, -0.2) is 52.1 Å². The summed E-state index contributed by atoms with van der Waals surface area (Å²) in [5.74, 6) is 0. The Kier molecular flexibility index (Phi) is 4.33. The number of aliphatic hydroxyl groups is 1. The zero-order valence-electron chi connectivity index (χ0n) is 11.8. The van der Waals surface area contributed by atoms with Crippen LogP contribution in [0.1, 0.15) is 43.8 Å². The summed E-state index contributed by atoms with van der Waals surface area (Å²) >= 11 is 0. The van der Waals surface area contributed by atoms with E-state index in [0.717, 1.165) is 64.0 Å². The average molecular weight is 281 g/mol. The minimum absolute atomic E-state index is 0.0155. The number of nitrogens with zero attached hydrogens (tertiary/aromatic N) is 3. The van der Waals surface area contributed by atoms with Gasteiger partial charge in [0, 0.05) is 32.6 Å². The van der Waals surface area contributed by atoms with Crippen molar-refractivity contribution in [3.05, 3.63) is 11.9 Å². The fourth-order valence-corrected chi connectivity index (χ4v) is 3.19. The largest absolute Gasteiger partial charge is 0.396 e. The molecular formula is C14H23N3O3. The topological polar surface area (TPSA) is 69.4 Å². The molecule has 2 fully saturated rings. The lowest BCUT2D eigenvalue weighted by Crippen LogP contribution is -2.44. The number of aryl methyl sites for hydroxylation is 1. The van der Waals surface area contributed by atoms with E-state index < -0.39 is 0 Å². The van der Waals surface area contributed by atoms with Crippen LogP contribution in [0, 0.1) is 0 Å². The van der Waals surface area contributed by atoms with Gasteiger partial charge in [-0.05, 0) is 38.5 Å². The lowest BCUT2D eigenvalue weighted by molar-refractivity contribution is -0.145. The maximum absolute atomic E-state index is 8.87. The van der Waals surface area contributed by atoms with Crippen molar-refractivity contribution >= 4 is 0 Å². The van der Waals surface area contributed by atoms with Gasteiger partial charge in [-0.25, -0.2) is 4.68 Å². The van der Waals surface area contributed by atoms with Crippen LogP contribution in [0.2, 0.25) is 0 Å². The number of aliphatic hydroxyl groups excluding tert-OH is 1. The molecule has 0 radical (unpaired) electrons. The molecule has 0 saturated carbocycles. The molecule has 2 aliphatic heterocycles. The van der Waals surface area contributed by atoms with Crippen molar-refractivity contribution in [2.75, 3.05) is 26.4 Å². The van der Waals surface area contributed by atoms with E-state index >= 15 is 0 Å². The molecule has 1 N–H and O–H groups in total. The first-order chi connectivity index (χ1) is 9.81. The van der Waals surface area contributed by atoms with Crippen LogP contribution in [0.5, 0.6) is 0 Å². The van der Waals surface area contributed by atoms with Crippen LogP contribution in [0.25, 0.3) is 0 Å². The minimum atomic E-state index is -0.0155. The van der Waals surface area contributed by atoms with Crippen LogP contribution in [0.3, 0.4) is 0 Å². The fourth-order valence-electron chi connectivity index (χ4n) is 3.19. The summed E-state index contributed by atoms with van der Waals surface area (Å²) in [7, 11) is 0. The first-order valence-corrected chi connectivity index (χ1v) is 7.55. The average Bonchev–Trinajstić information content (AvgIpc) is 2.95. The van der Waals surface area contributed by atoms with Crippen molar-refractivity contribution in [2.45, 2.75) is 50.2 Å². The number of hydrogen-bond acceptors (Lipinski definition) is 5. The summed E-state index contributed by atoms with van der Waals surface area (Å²) < 4.78 is 13.5. The summed E-state index contributed by atoms with van der Waals surface area (Å²) in [4.78, 5) is 0. The molecule has 2 saturated heterocycles. The Morgan fingerprint density at radius 3 is 3.00 bits per heavy atom. The van der Waals surface area contributed by atoms with Crippen molar-refractivity contribution in [1.29, 1.82) is 0 Å². The van der Waals surface area contributed by atoms with Crippen LogP contribution in [0.15, 0.2) is 6.20 Å². The summed E-state index contributed by atoms with van der Waals surface area (Å²) in [6, 6.07) is 0.372. The van der Waals surface area contributed by atoms with Gasteiger partial charge >= 0.3 is 0 Å². The monoisotopic (exact) mass is 281 g/mol. The van der Waals surface area contributed by atoms with Crippen LogP contribution >= 0.6 is 0 Å². The van der Waals surface area contributed by atoms with Gasteiger partial charge in [0.05, 0.1) is 17.3 Å². The number of ether oxygens (including phenoxy) is 2. The molecule has 1 unspecified atom stereocenters. The van der Waals surface area contributed by atoms with Gasteiger partial charge in [-0.1, -0.05) is 5.21 Å². The van der Waals surface area contributed by atoms with E-state index in [0.29, 0.717) is 6.04 Å². The molecular weight excluding hydrogens is 258 g/mol. The van der Waals surface area contributed by atoms with E-state index in [2.05, 4.69) is 10.3 Å². The smallest absolute Gasteiger partial charge is 0.0828 e. The molecule has 112 valence electrons. The van der Waals surface area contributed by atoms with E-state index in [1.165, 1.54) is 0 Å². The Labute approximate surface area is 119 Å². The van der Waals surface area contributed by atoms with Gasteiger partial charge in [0.25, 0.3) is 0 Å². The molecule has 1 aromatic heterocycles. The fraction of sp³-hybridized carbons (Fsp3) is 0.857. The summed E-state index contributed by atoms with van der Waals surface area (Å²) in [5.41, 5.74) is 0.949. The molecule has 0 aromatic carbocycles. The van der Waals surface area contributed by atoms with E-state index in [1.807, 2.05) is 10.9 Å². The molecule has 6 heteroatoms. The zero-order valence-corrected chi connectivity index (χ0v) is 11.8. The third-order valence-corrected chi connectivity index (χ3v) is 4.39. The second kappa shape index (κ2) is 6.20. The van der Waals surface area contributed by atoms with Gasteiger partial charge in [0.2, 0.25) is 0 Å². The summed E-state index contributed by atoms with van der Waals surface area (Å²) in [6.45, 7) is 2.58. The normalized spacial score (nSPS) is 25.9. The third-order valence-electron chi connectivity index (χ3n) is 4.39. The molecule has 20 heavy (non-hydrogen) atoms. The molecule has 0 bridgehead atoms. The predicted molar refractivity (Wildman–Crippen MR) is 72.4 cm³/mol. The van der Waals surface area contributed by atoms with Gasteiger partial charge < -0.3 is 14.6 Å². The summed E-state index contributed by atoms with van der Waals surface area (Å²) in [5, 5.41) is 17.3. The lowest BCUT2D eigenvalue weighted by Gasteiger charge is -2.43. The van der Waals surface area contributed by atoms with Gasteiger partial charge in [0.1, 0.15) is 0 Å². The van der Waals surface area contributed by atoms with Gasteiger partial charge in [0.15, 0.2) is 0 Å². The van der Waals surface area contributed by atoms with E-state index in [4.69, 9.17) is 14.6 Å². The van der Waals surface area contributed by atoms with E-state index in [-0.39, 0.29) is 12.2 Å². The highest BCUT2D eigenvalue weighted by Gasteiger charge is 2.39. The van der Waals surface area contributed by atoms with Crippen LogP contribution in [-0.2, 0) is 15.9 Å². The molecule has 0 amide bonds. The molecule has 1 spiro atoms. The molecule has 1 atom stereocenters. The molecule has 1 aromatic rings. The first-order valence-electron chi connectivity index (χ1n) is 7.55. The number of rotatable bonds is 4. The molecule has 3 heterocycles. The predicted octanol–water partition coefficient (Wildman–Crippen LogP) is 1.10. The highest BCUT2D eigenvalue weighted by Crippen LogP contribution is 2.38. The maximum Gasteiger partial charge on any atom is 0.0828 e. The SMILES string of the molecule is OCCCc1cn(C2CCOC3(CCOCC3)C2)nn1. The summed E-state index contributed by atoms with van der Waals surface area (Å²) in [6.07, 6.45) is 7.51. The third kappa shape index (κ3) is 3.02. The van der Waals surface area contributed by atoms with E-state index in [1.54, 1.807) is 0 Å². The highest BCUT2D eigenvalue weighted by atomic mass is 16.5. The number of aromatic nitrogens is 3. The molecule has 6 nitrogen and oxygen atoms in total. The quantitative estimate of drug-likeness (QED) is 0.895. The second-order valence-electron chi connectivity index (χ2n) is 5.81. The van der Waals surface area contributed by atoms with Crippen molar-refractivity contribution < 1.29 is 14.6 Å². The van der Waals surface area contributed by atoms with Crippen LogP contribution < -0.4 is 0 Å². The van der Waals surface area contributed by atoms with Crippen molar-refractivity contribution in [3.63, 3.8) is 0 Å². The molecule has 0 aliphatic carbocycles. The highest BCUT2D eigenvalue weighted by molar-refractivity contribution is 4.96. The van der Waals surface area contributed by atoms with Crippen molar-refractivity contribution in [2.24, 2.45) is 0 Å². The Morgan fingerprint density at radius 1 is 1.35 bits per heavy atom. The zero-order chi connectivity index (χ0) is 13.8. The second-order valence-corrected chi connectivity index (χ2v) is 5.81. The maximum atomic E-state index is 8.87. The minimum Gasteiger partial charge on any atom is -0.396 e. The van der Waals surface area contributed by atoms with Gasteiger partial charge in [-0.3, -0.25) is 0 Å². The Morgan fingerprint density at radius 2 is 2.20 bits per heavy atom. The van der Waals surface area contributed by atoms with Crippen molar-refractivity contribution in [3.8, 4) is 0 Å². The molecule has 2 aliphatic rings. The van der Waals surface area contributed by atoms with Gasteiger partial charge in [-0.15, -0.1) is 5.10 Å². The van der Waals surface area contributed by atoms with Crippen molar-refractivity contribution in [1.82, 2.24) is 15.0 Å². The number of hydrogen-bond donors (Lipinski definition) is 1. The Balaban J connectivity index is 1.65.